The normalized spacial score (nSPS) is 10.7. The Hall–Kier alpha value is -3.27. The van der Waals surface area contributed by atoms with Gasteiger partial charge in [0, 0.05) is 11.1 Å². The Bertz CT molecular complexity index is 950. The van der Waals surface area contributed by atoms with Crippen molar-refractivity contribution in [1.82, 2.24) is 0 Å². The summed E-state index contributed by atoms with van der Waals surface area (Å²) in [7, 11) is 0. The molecule has 0 aliphatic heterocycles. The van der Waals surface area contributed by atoms with Crippen LogP contribution in [0.5, 0.6) is 5.75 Å². The summed E-state index contributed by atoms with van der Waals surface area (Å²) in [6.45, 7) is 2.60. The van der Waals surface area contributed by atoms with Crippen molar-refractivity contribution in [1.29, 1.82) is 0 Å². The zero-order chi connectivity index (χ0) is 20.2. The third-order valence-corrected chi connectivity index (χ3v) is 3.51. The first kappa shape index (κ1) is 20.0. The summed E-state index contributed by atoms with van der Waals surface area (Å²) in [6, 6.07) is 7.22. The number of esters is 1. The maximum absolute atomic E-state index is 13.1. The van der Waals surface area contributed by atoms with E-state index in [1.54, 1.807) is 6.92 Å². The first-order valence-electron chi connectivity index (χ1n) is 7.77. The highest BCUT2D eigenvalue weighted by Gasteiger charge is 2.33. The molecular formula is C20H15F3O4. The lowest BCUT2D eigenvalue weighted by molar-refractivity contribution is -0.137. The van der Waals surface area contributed by atoms with Crippen LogP contribution in [0.2, 0.25) is 0 Å². The third kappa shape index (κ3) is 5.35. The van der Waals surface area contributed by atoms with Crippen LogP contribution in [0.15, 0.2) is 36.4 Å². The van der Waals surface area contributed by atoms with E-state index in [0.29, 0.717) is 17.2 Å². The molecule has 0 spiro atoms. The number of phenols is 1. The molecule has 0 amide bonds. The Morgan fingerprint density at radius 2 is 1.70 bits per heavy atom. The second-order valence-corrected chi connectivity index (χ2v) is 5.79. The second kappa shape index (κ2) is 7.96. The highest BCUT2D eigenvalue weighted by molar-refractivity contribution is 5.91. The first-order valence-corrected chi connectivity index (χ1v) is 7.77. The van der Waals surface area contributed by atoms with Gasteiger partial charge in [-0.15, -0.1) is 0 Å². The molecule has 4 nitrogen and oxygen atoms in total. The summed E-state index contributed by atoms with van der Waals surface area (Å²) in [5.74, 6) is 3.62. The molecule has 140 valence electrons. The molecule has 2 rings (SSSR count). The number of hydrogen-bond acceptors (Lipinski definition) is 4. The summed E-state index contributed by atoms with van der Waals surface area (Å²) in [6.07, 6.45) is -4.65. The van der Waals surface area contributed by atoms with Gasteiger partial charge in [-0.1, -0.05) is 11.8 Å². The number of ether oxygens (including phenoxy) is 1. The molecule has 0 aliphatic carbocycles. The zero-order valence-electron chi connectivity index (χ0n) is 14.5. The second-order valence-electron chi connectivity index (χ2n) is 5.79. The highest BCUT2D eigenvalue weighted by atomic mass is 19.4. The molecule has 1 N–H and O–H groups in total. The smallest absolute Gasteiger partial charge is 0.417 e. The summed E-state index contributed by atoms with van der Waals surface area (Å²) in [4.78, 5) is 22.7. The maximum Gasteiger partial charge on any atom is 0.417 e. The number of hydrogen-bond donors (Lipinski definition) is 1. The van der Waals surface area contributed by atoms with Crippen molar-refractivity contribution in [3.05, 3.63) is 64.2 Å². The fraction of sp³-hybridized carbons (Fsp3) is 0.200. The average molecular weight is 376 g/mol. The highest BCUT2D eigenvalue weighted by Crippen LogP contribution is 2.33. The van der Waals surface area contributed by atoms with E-state index in [0.717, 1.165) is 12.1 Å². The van der Waals surface area contributed by atoms with Crippen LogP contribution >= 0.6 is 0 Å². The molecule has 0 saturated carbocycles. The van der Waals surface area contributed by atoms with Crippen molar-refractivity contribution < 1.29 is 32.6 Å². The van der Waals surface area contributed by atoms with Gasteiger partial charge in [-0.25, -0.2) is 4.79 Å². The number of Topliss-reactive ketones (excluding diaryl/α,β-unsaturated/α-hetero) is 1. The van der Waals surface area contributed by atoms with Crippen LogP contribution < -0.4 is 0 Å². The van der Waals surface area contributed by atoms with Crippen LogP contribution in [0, 0.1) is 18.8 Å². The van der Waals surface area contributed by atoms with E-state index in [1.165, 1.54) is 25.1 Å². The van der Waals surface area contributed by atoms with Gasteiger partial charge in [-0.3, -0.25) is 4.79 Å². The van der Waals surface area contributed by atoms with E-state index >= 15 is 0 Å². The van der Waals surface area contributed by atoms with Crippen LogP contribution in [0.3, 0.4) is 0 Å². The molecule has 7 heteroatoms. The van der Waals surface area contributed by atoms with Gasteiger partial charge in [-0.05, 0) is 55.8 Å². The van der Waals surface area contributed by atoms with Crippen molar-refractivity contribution in [2.75, 3.05) is 6.61 Å². The number of carbonyl (C=O) groups is 2. The van der Waals surface area contributed by atoms with Gasteiger partial charge in [0.05, 0.1) is 11.1 Å². The predicted octanol–water partition coefficient (Wildman–Crippen LogP) is 3.87. The predicted molar refractivity (Wildman–Crippen MR) is 91.2 cm³/mol. The first-order chi connectivity index (χ1) is 12.6. The van der Waals surface area contributed by atoms with Crippen molar-refractivity contribution in [3.63, 3.8) is 0 Å². The molecule has 0 aromatic heterocycles. The monoisotopic (exact) mass is 376 g/mol. The fourth-order valence-electron chi connectivity index (χ4n) is 2.19. The molecule has 0 bridgehead atoms. The van der Waals surface area contributed by atoms with Gasteiger partial charge < -0.3 is 9.84 Å². The number of alkyl halides is 3. The van der Waals surface area contributed by atoms with E-state index in [9.17, 15) is 27.9 Å². The van der Waals surface area contributed by atoms with Crippen molar-refractivity contribution in [2.24, 2.45) is 0 Å². The van der Waals surface area contributed by atoms with E-state index in [1.807, 2.05) is 0 Å². The number of halogens is 3. The molecule has 0 radical (unpaired) electrons. The van der Waals surface area contributed by atoms with Gasteiger partial charge in [0.2, 0.25) is 0 Å². The Morgan fingerprint density at radius 3 is 2.30 bits per heavy atom. The third-order valence-electron chi connectivity index (χ3n) is 3.51. The molecule has 0 atom stereocenters. The lowest BCUT2D eigenvalue weighted by Gasteiger charge is -2.09. The minimum atomic E-state index is -4.65. The lowest BCUT2D eigenvalue weighted by atomic mass is 10.0. The largest absolute Gasteiger partial charge is 0.508 e. The van der Waals surface area contributed by atoms with Gasteiger partial charge in [0.25, 0.3) is 0 Å². The van der Waals surface area contributed by atoms with Crippen molar-refractivity contribution >= 4 is 11.8 Å². The molecule has 2 aromatic rings. The average Bonchev–Trinajstić information content (AvgIpc) is 2.58. The minimum absolute atomic E-state index is 0.208. The van der Waals surface area contributed by atoms with Crippen LogP contribution in [-0.4, -0.2) is 23.5 Å². The Morgan fingerprint density at radius 1 is 1.07 bits per heavy atom. The van der Waals surface area contributed by atoms with Crippen LogP contribution in [-0.2, 0) is 15.7 Å². The summed E-state index contributed by atoms with van der Waals surface area (Å²) < 4.78 is 44.0. The van der Waals surface area contributed by atoms with Crippen LogP contribution in [0.4, 0.5) is 13.2 Å². The van der Waals surface area contributed by atoms with Gasteiger partial charge >= 0.3 is 12.1 Å². The van der Waals surface area contributed by atoms with Crippen molar-refractivity contribution in [2.45, 2.75) is 20.0 Å². The molecule has 0 fully saturated rings. The summed E-state index contributed by atoms with van der Waals surface area (Å²) in [5, 5.41) is 9.28. The van der Waals surface area contributed by atoms with E-state index in [-0.39, 0.29) is 23.5 Å². The zero-order valence-corrected chi connectivity index (χ0v) is 14.5. The Balaban J connectivity index is 2.31. The quantitative estimate of drug-likeness (QED) is 0.653. The molecule has 27 heavy (non-hydrogen) atoms. The number of aryl methyl sites for hydroxylation is 1. The topological polar surface area (TPSA) is 63.6 Å². The van der Waals surface area contributed by atoms with E-state index in [4.69, 9.17) is 4.74 Å². The summed E-state index contributed by atoms with van der Waals surface area (Å²) in [5.41, 5.74) is -0.104. The SMILES string of the molecule is CC(=O)COC(=O)c1ccc(C#Cc2ccc(O)cc2C(F)(F)F)c(C)c1. The summed E-state index contributed by atoms with van der Waals surface area (Å²) >= 11 is 0. The number of aromatic hydroxyl groups is 1. The number of rotatable bonds is 3. The van der Waals surface area contributed by atoms with Crippen LogP contribution in [0.1, 0.15) is 39.5 Å². The number of benzene rings is 2. The van der Waals surface area contributed by atoms with Gasteiger partial charge in [-0.2, -0.15) is 13.2 Å². The molecule has 0 heterocycles. The maximum atomic E-state index is 13.1. The van der Waals surface area contributed by atoms with E-state index in [2.05, 4.69) is 11.8 Å². The molecule has 0 aliphatic rings. The molecule has 0 unspecified atom stereocenters. The van der Waals surface area contributed by atoms with E-state index < -0.39 is 23.5 Å². The van der Waals surface area contributed by atoms with Gasteiger partial charge in [0.15, 0.2) is 5.78 Å². The van der Waals surface area contributed by atoms with Crippen molar-refractivity contribution in [3.8, 4) is 17.6 Å². The Kier molecular flexibility index (Phi) is 5.91. The molecule has 2 aromatic carbocycles. The standard InChI is InChI=1S/C20H15F3O4/c1-12-9-16(19(26)27-11-13(2)24)6-4-14(12)3-5-15-7-8-17(25)10-18(15)20(21,22)23/h4,6-10,25H,11H2,1-2H3. The molecular weight excluding hydrogens is 361 g/mol. The number of ketones is 1. The minimum Gasteiger partial charge on any atom is -0.508 e. The van der Waals surface area contributed by atoms with Crippen LogP contribution in [0.25, 0.3) is 0 Å². The molecule has 0 saturated heterocycles. The Labute approximate surface area is 153 Å². The number of phenolic OH excluding ortho intramolecular Hbond substituents is 1. The number of carbonyl (C=O) groups excluding carboxylic acids is 2. The van der Waals surface area contributed by atoms with Gasteiger partial charge in [0.1, 0.15) is 12.4 Å². The fourth-order valence-corrected chi connectivity index (χ4v) is 2.19. The lowest BCUT2D eigenvalue weighted by Crippen LogP contribution is -2.11.